The largest absolute Gasteiger partial charge is 0.457 e. The van der Waals surface area contributed by atoms with E-state index in [0.717, 1.165) is 28.2 Å². The zero-order chi connectivity index (χ0) is 21.7. The summed E-state index contributed by atoms with van der Waals surface area (Å²) < 4.78 is 11.6. The number of hydrogen-bond donors (Lipinski definition) is 0. The number of nitrogens with zero attached hydrogens (tertiary/aromatic N) is 2. The number of nitro groups is 2. The van der Waals surface area contributed by atoms with Crippen molar-refractivity contribution in [3.63, 3.8) is 0 Å². The highest BCUT2D eigenvalue weighted by atomic mass is 79.9. The molecule has 9 nitrogen and oxygen atoms in total. The maximum absolute atomic E-state index is 12.2. The zero-order valence-electron chi connectivity index (χ0n) is 15.2. The van der Waals surface area contributed by atoms with E-state index in [9.17, 15) is 25.0 Å². The van der Waals surface area contributed by atoms with Gasteiger partial charge in [-0.2, -0.15) is 0 Å². The number of benzene rings is 3. The summed E-state index contributed by atoms with van der Waals surface area (Å²) in [6.07, 6.45) is 0. The minimum absolute atomic E-state index is 0.110. The molecule has 0 amide bonds. The lowest BCUT2D eigenvalue weighted by molar-refractivity contribution is -0.394. The van der Waals surface area contributed by atoms with Crippen molar-refractivity contribution in [2.45, 2.75) is 6.61 Å². The van der Waals surface area contributed by atoms with Crippen LogP contribution in [-0.4, -0.2) is 15.8 Å². The minimum Gasteiger partial charge on any atom is -0.457 e. The average molecular weight is 473 g/mol. The summed E-state index contributed by atoms with van der Waals surface area (Å²) in [6, 6.07) is 16.2. The Morgan fingerprint density at radius 3 is 2.17 bits per heavy atom. The molecule has 0 atom stereocenters. The van der Waals surface area contributed by atoms with E-state index in [1.807, 2.05) is 24.3 Å². The van der Waals surface area contributed by atoms with Crippen LogP contribution in [-0.2, 0) is 11.3 Å². The molecule has 0 saturated heterocycles. The van der Waals surface area contributed by atoms with Gasteiger partial charge in [0.2, 0.25) is 5.75 Å². The number of halogens is 1. The summed E-state index contributed by atoms with van der Waals surface area (Å²) in [5, 5.41) is 22.0. The molecule has 0 radical (unpaired) electrons. The molecule has 0 aliphatic rings. The van der Waals surface area contributed by atoms with Crippen molar-refractivity contribution in [3.8, 4) is 11.5 Å². The van der Waals surface area contributed by atoms with E-state index in [1.54, 1.807) is 0 Å². The van der Waals surface area contributed by atoms with E-state index in [-0.39, 0.29) is 23.7 Å². The first-order valence-electron chi connectivity index (χ1n) is 8.46. The summed E-state index contributed by atoms with van der Waals surface area (Å²) in [5.74, 6) is -0.474. The molecule has 0 bridgehead atoms. The Balaban J connectivity index is 1.68. The minimum atomic E-state index is -0.768. The highest BCUT2D eigenvalue weighted by Crippen LogP contribution is 2.34. The van der Waals surface area contributed by atoms with Gasteiger partial charge in [0.25, 0.3) is 5.69 Å². The second-order valence-corrected chi connectivity index (χ2v) is 6.91. The van der Waals surface area contributed by atoms with Crippen molar-refractivity contribution < 1.29 is 24.1 Å². The smallest absolute Gasteiger partial charge is 0.338 e. The fourth-order valence-electron chi connectivity index (χ4n) is 2.45. The van der Waals surface area contributed by atoms with Crippen molar-refractivity contribution >= 4 is 33.3 Å². The number of hydrogen-bond acceptors (Lipinski definition) is 7. The fraction of sp³-hybridized carbons (Fsp3) is 0.0500. The highest BCUT2D eigenvalue weighted by Gasteiger charge is 2.21. The molecule has 3 rings (SSSR count). The average Bonchev–Trinajstić information content (AvgIpc) is 2.73. The molecule has 0 N–H and O–H groups in total. The summed E-state index contributed by atoms with van der Waals surface area (Å²) in [4.78, 5) is 32.7. The first-order chi connectivity index (χ1) is 14.3. The number of non-ortho nitro benzene ring substituents is 1. The third-order valence-corrected chi connectivity index (χ3v) is 4.48. The standard InChI is InChI=1S/C20H13BrN2O7/c21-15-5-1-13(2-6-15)12-29-20(24)14-3-8-17(9-4-14)30-19-10-7-16(22(25)26)11-18(19)23(27)28/h1-11H,12H2. The second kappa shape index (κ2) is 9.14. The van der Waals surface area contributed by atoms with E-state index in [0.29, 0.717) is 0 Å². The number of carbonyl (C=O) groups excluding carboxylic acids is 1. The van der Waals surface area contributed by atoms with Crippen LogP contribution >= 0.6 is 15.9 Å². The van der Waals surface area contributed by atoms with Gasteiger partial charge in [-0.3, -0.25) is 20.2 Å². The molecule has 0 aliphatic heterocycles. The first-order valence-corrected chi connectivity index (χ1v) is 9.25. The predicted molar refractivity (Wildman–Crippen MR) is 110 cm³/mol. The normalized spacial score (nSPS) is 10.3. The van der Waals surface area contributed by atoms with Crippen LogP contribution in [0.25, 0.3) is 0 Å². The zero-order valence-corrected chi connectivity index (χ0v) is 16.8. The molecule has 0 aliphatic carbocycles. The first kappa shape index (κ1) is 20.9. The Morgan fingerprint density at radius 2 is 1.57 bits per heavy atom. The van der Waals surface area contributed by atoms with Crippen molar-refractivity contribution in [2.24, 2.45) is 0 Å². The van der Waals surface area contributed by atoms with Crippen LogP contribution in [0.15, 0.2) is 71.2 Å². The Morgan fingerprint density at radius 1 is 0.900 bits per heavy atom. The molecule has 30 heavy (non-hydrogen) atoms. The Kier molecular flexibility index (Phi) is 6.38. The summed E-state index contributed by atoms with van der Waals surface area (Å²) in [5.41, 5.74) is 0.148. The SMILES string of the molecule is O=C(OCc1ccc(Br)cc1)c1ccc(Oc2ccc([N+](=O)[O-])cc2[N+](=O)[O-])cc1. The van der Waals surface area contributed by atoms with E-state index >= 15 is 0 Å². The third kappa shape index (κ3) is 5.17. The summed E-state index contributed by atoms with van der Waals surface area (Å²) in [6.45, 7) is 0.110. The molecule has 10 heteroatoms. The molecule has 0 aromatic heterocycles. The van der Waals surface area contributed by atoms with Crippen molar-refractivity contribution in [1.82, 2.24) is 0 Å². The van der Waals surface area contributed by atoms with Crippen LogP contribution < -0.4 is 4.74 Å². The van der Waals surface area contributed by atoms with E-state index in [1.165, 1.54) is 24.3 Å². The number of carbonyl (C=O) groups is 1. The molecule has 0 saturated carbocycles. The molecule has 0 unspecified atom stereocenters. The topological polar surface area (TPSA) is 122 Å². The van der Waals surface area contributed by atoms with Gasteiger partial charge in [-0.25, -0.2) is 4.79 Å². The maximum Gasteiger partial charge on any atom is 0.338 e. The molecule has 0 spiro atoms. The highest BCUT2D eigenvalue weighted by molar-refractivity contribution is 9.10. The van der Waals surface area contributed by atoms with Crippen molar-refractivity contribution in [2.75, 3.05) is 0 Å². The number of nitro benzene ring substituents is 2. The van der Waals surface area contributed by atoms with Gasteiger partial charge < -0.3 is 9.47 Å². The van der Waals surface area contributed by atoms with Crippen LogP contribution in [0, 0.1) is 20.2 Å². The number of rotatable bonds is 7. The monoisotopic (exact) mass is 472 g/mol. The molecule has 0 heterocycles. The Bertz CT molecular complexity index is 1100. The van der Waals surface area contributed by atoms with Gasteiger partial charge in [0.1, 0.15) is 12.4 Å². The van der Waals surface area contributed by atoms with Crippen molar-refractivity contribution in [3.05, 3.63) is 103 Å². The van der Waals surface area contributed by atoms with Gasteiger partial charge in [-0.15, -0.1) is 0 Å². The van der Waals surface area contributed by atoms with Crippen LogP contribution in [0.1, 0.15) is 15.9 Å². The van der Waals surface area contributed by atoms with Gasteiger partial charge >= 0.3 is 11.7 Å². The molecular formula is C20H13BrN2O7. The summed E-state index contributed by atoms with van der Waals surface area (Å²) in [7, 11) is 0. The quantitative estimate of drug-likeness (QED) is 0.255. The van der Waals surface area contributed by atoms with Gasteiger partial charge in [0.15, 0.2) is 0 Å². The predicted octanol–water partition coefficient (Wildman–Crippen LogP) is 5.41. The number of ether oxygens (including phenoxy) is 2. The van der Waals surface area contributed by atoms with Crippen LogP contribution in [0.5, 0.6) is 11.5 Å². The third-order valence-electron chi connectivity index (χ3n) is 3.95. The second-order valence-electron chi connectivity index (χ2n) is 6.00. The lowest BCUT2D eigenvalue weighted by Crippen LogP contribution is -2.05. The van der Waals surface area contributed by atoms with E-state index < -0.39 is 27.2 Å². The number of esters is 1. The molecule has 3 aromatic rings. The van der Waals surface area contributed by atoms with Crippen LogP contribution in [0.3, 0.4) is 0 Å². The lowest BCUT2D eigenvalue weighted by atomic mass is 10.2. The van der Waals surface area contributed by atoms with Crippen molar-refractivity contribution in [1.29, 1.82) is 0 Å². The Labute approximate surface area is 178 Å². The van der Waals surface area contributed by atoms with Gasteiger partial charge in [0.05, 0.1) is 21.5 Å². The molecule has 152 valence electrons. The molecular weight excluding hydrogens is 460 g/mol. The fourth-order valence-corrected chi connectivity index (χ4v) is 2.71. The van der Waals surface area contributed by atoms with Gasteiger partial charge in [0, 0.05) is 10.5 Å². The molecule has 3 aromatic carbocycles. The van der Waals surface area contributed by atoms with Crippen LogP contribution in [0.4, 0.5) is 11.4 Å². The summed E-state index contributed by atoms with van der Waals surface area (Å²) >= 11 is 3.33. The Hall–Kier alpha value is -3.79. The lowest BCUT2D eigenvalue weighted by Gasteiger charge is -2.08. The molecule has 0 fully saturated rings. The maximum atomic E-state index is 12.2. The van der Waals surface area contributed by atoms with E-state index in [4.69, 9.17) is 9.47 Å². The van der Waals surface area contributed by atoms with Gasteiger partial charge in [-0.05, 0) is 48.0 Å². The van der Waals surface area contributed by atoms with E-state index in [2.05, 4.69) is 15.9 Å². The van der Waals surface area contributed by atoms with Gasteiger partial charge in [-0.1, -0.05) is 28.1 Å². The van der Waals surface area contributed by atoms with Crippen LogP contribution in [0.2, 0.25) is 0 Å².